The molecule has 19 heavy (non-hydrogen) atoms. The molecule has 1 rings (SSSR count). The highest BCUT2D eigenvalue weighted by Gasteiger charge is 2.24. The predicted molar refractivity (Wildman–Crippen MR) is 75.5 cm³/mol. The van der Waals surface area contributed by atoms with Gasteiger partial charge in [-0.3, -0.25) is 4.79 Å². The lowest BCUT2D eigenvalue weighted by atomic mass is 10.0. The summed E-state index contributed by atoms with van der Waals surface area (Å²) < 4.78 is 5.52. The average Bonchev–Trinajstić information content (AvgIpc) is 2.31. The van der Waals surface area contributed by atoms with E-state index in [0.717, 1.165) is 0 Å². The second kappa shape index (κ2) is 6.78. The number of hydrogen-bond donors (Lipinski definition) is 2. The van der Waals surface area contributed by atoms with Crippen molar-refractivity contribution >= 4 is 17.5 Å². The van der Waals surface area contributed by atoms with Crippen LogP contribution in [0, 0.1) is 0 Å². The smallest absolute Gasteiger partial charge is 0.261 e. The van der Waals surface area contributed by atoms with Gasteiger partial charge in [-0.2, -0.15) is 0 Å². The molecule has 0 saturated carbocycles. The van der Waals surface area contributed by atoms with E-state index in [1.54, 1.807) is 31.2 Å². The Balaban J connectivity index is 2.61. The lowest BCUT2D eigenvalue weighted by Crippen LogP contribution is -2.49. The first kappa shape index (κ1) is 15.8. The second-order valence-corrected chi connectivity index (χ2v) is 5.44. The molecule has 5 heteroatoms. The highest BCUT2D eigenvalue weighted by Crippen LogP contribution is 2.24. The molecule has 0 fully saturated rings. The molecule has 1 atom stereocenters. The molecule has 1 aromatic rings. The van der Waals surface area contributed by atoms with Gasteiger partial charge in [0.2, 0.25) is 0 Å². The highest BCUT2D eigenvalue weighted by atomic mass is 35.5. The van der Waals surface area contributed by atoms with Gasteiger partial charge >= 0.3 is 0 Å². The molecule has 0 spiro atoms. The molecule has 0 heterocycles. The monoisotopic (exact) mass is 285 g/mol. The van der Waals surface area contributed by atoms with Crippen LogP contribution in [0.5, 0.6) is 5.75 Å². The first-order chi connectivity index (χ1) is 8.85. The van der Waals surface area contributed by atoms with E-state index in [1.807, 2.05) is 13.8 Å². The third-order valence-electron chi connectivity index (χ3n) is 2.71. The standard InChI is InChI=1S/C14H20ClNO3/c1-10(13(18)16-14(2,3)8-9-17)19-12-7-5-4-6-11(12)15/h4-7,10,17H,8-9H2,1-3H3,(H,16,18). The summed E-state index contributed by atoms with van der Waals surface area (Å²) in [5, 5.41) is 12.2. The van der Waals surface area contributed by atoms with Crippen LogP contribution in [-0.4, -0.2) is 29.3 Å². The summed E-state index contributed by atoms with van der Waals surface area (Å²) in [6.07, 6.45) is -0.171. The van der Waals surface area contributed by atoms with E-state index in [4.69, 9.17) is 21.4 Å². The van der Waals surface area contributed by atoms with Crippen molar-refractivity contribution < 1.29 is 14.6 Å². The second-order valence-electron chi connectivity index (χ2n) is 5.04. The number of ether oxygens (including phenoxy) is 1. The summed E-state index contributed by atoms with van der Waals surface area (Å²) >= 11 is 5.97. The number of halogens is 1. The van der Waals surface area contributed by atoms with Gasteiger partial charge in [0.1, 0.15) is 5.75 Å². The Morgan fingerprint density at radius 2 is 2.11 bits per heavy atom. The molecule has 106 valence electrons. The van der Waals surface area contributed by atoms with Crippen molar-refractivity contribution in [2.45, 2.75) is 38.8 Å². The van der Waals surface area contributed by atoms with Crippen molar-refractivity contribution in [3.8, 4) is 5.75 Å². The number of amides is 1. The zero-order valence-corrected chi connectivity index (χ0v) is 12.2. The number of aliphatic hydroxyl groups excluding tert-OH is 1. The van der Waals surface area contributed by atoms with Crippen LogP contribution in [0.2, 0.25) is 5.02 Å². The molecule has 0 aliphatic carbocycles. The Bertz CT molecular complexity index is 434. The Morgan fingerprint density at radius 1 is 1.47 bits per heavy atom. The fraction of sp³-hybridized carbons (Fsp3) is 0.500. The maximum absolute atomic E-state index is 12.0. The Labute approximate surface area is 118 Å². The number of aliphatic hydroxyl groups is 1. The van der Waals surface area contributed by atoms with E-state index < -0.39 is 11.6 Å². The average molecular weight is 286 g/mol. The van der Waals surface area contributed by atoms with E-state index in [9.17, 15) is 4.79 Å². The minimum Gasteiger partial charge on any atom is -0.479 e. The Hall–Kier alpha value is -1.26. The minimum absolute atomic E-state index is 0.0209. The number of para-hydroxylation sites is 1. The Morgan fingerprint density at radius 3 is 2.68 bits per heavy atom. The van der Waals surface area contributed by atoms with Crippen LogP contribution >= 0.6 is 11.6 Å². The number of benzene rings is 1. The summed E-state index contributed by atoms with van der Waals surface area (Å²) in [5.74, 6) is 0.241. The Kier molecular flexibility index (Phi) is 5.63. The molecule has 4 nitrogen and oxygen atoms in total. The normalized spacial score (nSPS) is 12.9. The molecule has 1 unspecified atom stereocenters. The first-order valence-corrected chi connectivity index (χ1v) is 6.57. The number of carbonyl (C=O) groups excluding carboxylic acids is 1. The van der Waals surface area contributed by atoms with E-state index in [-0.39, 0.29) is 12.5 Å². The maximum Gasteiger partial charge on any atom is 0.261 e. The number of hydrogen-bond acceptors (Lipinski definition) is 3. The molecular formula is C14H20ClNO3. The molecule has 0 aromatic heterocycles. The van der Waals surface area contributed by atoms with Crippen molar-refractivity contribution in [3.05, 3.63) is 29.3 Å². The summed E-state index contributed by atoms with van der Waals surface area (Å²) in [6.45, 7) is 5.38. The molecule has 0 radical (unpaired) electrons. The quantitative estimate of drug-likeness (QED) is 0.844. The van der Waals surface area contributed by atoms with Crippen molar-refractivity contribution in [1.29, 1.82) is 0 Å². The lowest BCUT2D eigenvalue weighted by Gasteiger charge is -2.27. The van der Waals surface area contributed by atoms with Crippen LogP contribution in [-0.2, 0) is 4.79 Å². The van der Waals surface area contributed by atoms with Crippen molar-refractivity contribution in [2.24, 2.45) is 0 Å². The molecular weight excluding hydrogens is 266 g/mol. The fourth-order valence-electron chi connectivity index (χ4n) is 1.56. The van der Waals surface area contributed by atoms with E-state index >= 15 is 0 Å². The van der Waals surface area contributed by atoms with E-state index in [2.05, 4.69) is 5.32 Å². The zero-order chi connectivity index (χ0) is 14.5. The van der Waals surface area contributed by atoms with Crippen LogP contribution in [0.4, 0.5) is 0 Å². The summed E-state index contributed by atoms with van der Waals surface area (Å²) in [6, 6.07) is 7.01. The van der Waals surface area contributed by atoms with Gasteiger partial charge in [-0.25, -0.2) is 0 Å². The number of carbonyl (C=O) groups is 1. The van der Waals surface area contributed by atoms with Gasteiger partial charge in [0.25, 0.3) is 5.91 Å². The molecule has 2 N–H and O–H groups in total. The molecule has 0 saturated heterocycles. The lowest BCUT2D eigenvalue weighted by molar-refractivity contribution is -0.129. The molecule has 1 amide bonds. The largest absolute Gasteiger partial charge is 0.479 e. The van der Waals surface area contributed by atoms with Crippen LogP contribution in [0.3, 0.4) is 0 Å². The summed E-state index contributed by atoms with van der Waals surface area (Å²) in [4.78, 5) is 12.0. The van der Waals surface area contributed by atoms with E-state index in [0.29, 0.717) is 17.2 Å². The van der Waals surface area contributed by atoms with Gasteiger partial charge in [-0.1, -0.05) is 23.7 Å². The molecule has 0 aliphatic heterocycles. The van der Waals surface area contributed by atoms with Gasteiger partial charge in [0.15, 0.2) is 6.10 Å². The third kappa shape index (κ3) is 5.09. The SMILES string of the molecule is CC(Oc1ccccc1Cl)C(=O)NC(C)(C)CCO. The minimum atomic E-state index is -0.655. The number of nitrogens with one attached hydrogen (secondary N) is 1. The highest BCUT2D eigenvalue weighted by molar-refractivity contribution is 6.32. The summed E-state index contributed by atoms with van der Waals surface area (Å²) in [7, 11) is 0. The van der Waals surface area contributed by atoms with Gasteiger partial charge < -0.3 is 15.2 Å². The van der Waals surface area contributed by atoms with Crippen LogP contribution in [0.15, 0.2) is 24.3 Å². The van der Waals surface area contributed by atoms with Crippen molar-refractivity contribution in [1.82, 2.24) is 5.32 Å². The fourth-order valence-corrected chi connectivity index (χ4v) is 1.74. The summed E-state index contributed by atoms with van der Waals surface area (Å²) in [5.41, 5.74) is -0.468. The number of rotatable bonds is 6. The maximum atomic E-state index is 12.0. The zero-order valence-electron chi connectivity index (χ0n) is 11.4. The van der Waals surface area contributed by atoms with Gasteiger partial charge in [-0.15, -0.1) is 0 Å². The predicted octanol–water partition coefficient (Wildman–Crippen LogP) is 2.38. The van der Waals surface area contributed by atoms with Gasteiger partial charge in [0, 0.05) is 12.1 Å². The van der Waals surface area contributed by atoms with Crippen LogP contribution < -0.4 is 10.1 Å². The van der Waals surface area contributed by atoms with E-state index in [1.165, 1.54) is 0 Å². The van der Waals surface area contributed by atoms with Crippen LogP contribution in [0.25, 0.3) is 0 Å². The topological polar surface area (TPSA) is 58.6 Å². The van der Waals surface area contributed by atoms with Crippen molar-refractivity contribution in [2.75, 3.05) is 6.61 Å². The van der Waals surface area contributed by atoms with Gasteiger partial charge in [0.05, 0.1) is 5.02 Å². The molecule has 0 aliphatic rings. The molecule has 1 aromatic carbocycles. The first-order valence-electron chi connectivity index (χ1n) is 6.20. The third-order valence-corrected chi connectivity index (χ3v) is 3.02. The van der Waals surface area contributed by atoms with Crippen molar-refractivity contribution in [3.63, 3.8) is 0 Å². The van der Waals surface area contributed by atoms with Crippen LogP contribution in [0.1, 0.15) is 27.2 Å². The van der Waals surface area contributed by atoms with Gasteiger partial charge in [-0.05, 0) is 39.3 Å². The molecule has 0 bridgehead atoms.